The predicted octanol–water partition coefficient (Wildman–Crippen LogP) is 3.30. The van der Waals surface area contributed by atoms with Crippen LogP contribution in [0, 0.1) is 0 Å². The van der Waals surface area contributed by atoms with Crippen molar-refractivity contribution in [2.24, 2.45) is 0 Å². The third-order valence-corrected chi connectivity index (χ3v) is 4.13. The minimum atomic E-state index is -0.356. The number of aryl methyl sites for hydroxylation is 1. The molecule has 7 heteroatoms. The number of aromatic nitrogens is 2. The van der Waals surface area contributed by atoms with Gasteiger partial charge in [0.25, 0.3) is 0 Å². The fourth-order valence-corrected chi connectivity index (χ4v) is 2.47. The van der Waals surface area contributed by atoms with Gasteiger partial charge in [-0.1, -0.05) is 34.2 Å². The van der Waals surface area contributed by atoms with Crippen molar-refractivity contribution >= 4 is 44.0 Å². The summed E-state index contributed by atoms with van der Waals surface area (Å²) in [7, 11) is 0. The van der Waals surface area contributed by atoms with Gasteiger partial charge in [0.1, 0.15) is 11.0 Å². The summed E-state index contributed by atoms with van der Waals surface area (Å²) >= 11 is 4.77. The Labute approximate surface area is 129 Å². The first-order valence-corrected chi connectivity index (χ1v) is 7.84. The van der Waals surface area contributed by atoms with Crippen molar-refractivity contribution in [3.63, 3.8) is 0 Å². The van der Waals surface area contributed by atoms with Crippen molar-refractivity contribution in [3.05, 3.63) is 33.7 Å². The van der Waals surface area contributed by atoms with Crippen molar-refractivity contribution in [2.45, 2.75) is 26.3 Å². The van der Waals surface area contributed by atoms with E-state index < -0.39 is 0 Å². The van der Waals surface area contributed by atoms with Crippen molar-refractivity contribution < 1.29 is 4.79 Å². The highest BCUT2D eigenvalue weighted by Crippen LogP contribution is 2.17. The largest absolute Gasteiger partial charge is 0.374 e. The van der Waals surface area contributed by atoms with E-state index in [1.165, 1.54) is 11.3 Å². The molecule has 0 unspecified atom stereocenters. The maximum atomic E-state index is 12.0. The van der Waals surface area contributed by atoms with E-state index in [2.05, 4.69) is 36.8 Å². The fraction of sp³-hybridized carbons (Fsp3) is 0.308. The highest BCUT2D eigenvalue weighted by atomic mass is 79.9. The number of nitrogens with one attached hydrogen (secondary N) is 2. The molecule has 1 amide bonds. The summed E-state index contributed by atoms with van der Waals surface area (Å²) in [4.78, 5) is 12.0. The summed E-state index contributed by atoms with van der Waals surface area (Å²) in [5, 5.41) is 15.2. The number of rotatable bonds is 5. The van der Waals surface area contributed by atoms with Gasteiger partial charge in [0, 0.05) is 10.2 Å². The van der Waals surface area contributed by atoms with Crippen molar-refractivity contribution in [1.29, 1.82) is 0 Å². The van der Waals surface area contributed by atoms with Gasteiger partial charge in [0.2, 0.25) is 11.0 Å². The summed E-state index contributed by atoms with van der Waals surface area (Å²) in [6.07, 6.45) is 0.820. The second-order valence-electron chi connectivity index (χ2n) is 4.22. The SMILES string of the molecule is CCc1nnc(NC(=O)[C@@H](C)Nc2ccc(Br)cc2)s1. The molecule has 0 aliphatic rings. The van der Waals surface area contributed by atoms with Crippen LogP contribution in [-0.2, 0) is 11.2 Å². The number of nitrogens with zero attached hydrogens (tertiary/aromatic N) is 2. The first kappa shape index (κ1) is 14.9. The molecule has 0 fully saturated rings. The molecule has 0 spiro atoms. The first-order valence-electron chi connectivity index (χ1n) is 6.24. The number of anilines is 2. The Morgan fingerprint density at radius 2 is 2.05 bits per heavy atom. The summed E-state index contributed by atoms with van der Waals surface area (Å²) in [5.74, 6) is -0.133. The molecule has 0 saturated heterocycles. The van der Waals surface area contributed by atoms with Crippen LogP contribution in [0.1, 0.15) is 18.9 Å². The van der Waals surface area contributed by atoms with Crippen LogP contribution in [0.5, 0.6) is 0 Å². The molecule has 1 atom stereocenters. The highest BCUT2D eigenvalue weighted by Gasteiger charge is 2.14. The van der Waals surface area contributed by atoms with Gasteiger partial charge in [-0.15, -0.1) is 10.2 Å². The van der Waals surface area contributed by atoms with E-state index in [0.29, 0.717) is 5.13 Å². The smallest absolute Gasteiger partial charge is 0.248 e. The van der Waals surface area contributed by atoms with Gasteiger partial charge in [-0.05, 0) is 37.6 Å². The van der Waals surface area contributed by atoms with E-state index in [4.69, 9.17) is 0 Å². The quantitative estimate of drug-likeness (QED) is 0.864. The Balaban J connectivity index is 1.93. The van der Waals surface area contributed by atoms with Crippen LogP contribution in [0.3, 0.4) is 0 Å². The van der Waals surface area contributed by atoms with Crippen LogP contribution in [0.2, 0.25) is 0 Å². The van der Waals surface area contributed by atoms with Crippen LogP contribution in [0.4, 0.5) is 10.8 Å². The Bertz CT molecular complexity index is 584. The molecule has 0 radical (unpaired) electrons. The Kier molecular flexibility index (Phi) is 5.08. The average Bonchev–Trinajstić information content (AvgIpc) is 2.89. The lowest BCUT2D eigenvalue weighted by Crippen LogP contribution is -2.31. The summed E-state index contributed by atoms with van der Waals surface area (Å²) < 4.78 is 1.00. The first-order chi connectivity index (χ1) is 9.58. The molecule has 106 valence electrons. The number of amides is 1. The third-order valence-electron chi connectivity index (χ3n) is 2.62. The molecule has 1 aromatic heterocycles. The molecule has 1 heterocycles. The second-order valence-corrected chi connectivity index (χ2v) is 6.19. The summed E-state index contributed by atoms with van der Waals surface area (Å²) in [6.45, 7) is 3.81. The molecular weight excluding hydrogens is 340 g/mol. The molecular formula is C13H15BrN4OS. The minimum absolute atomic E-state index is 0.133. The number of carbonyl (C=O) groups is 1. The molecule has 1 aromatic carbocycles. The molecule has 2 rings (SSSR count). The molecule has 0 saturated carbocycles. The topological polar surface area (TPSA) is 66.9 Å². The number of benzene rings is 1. The van der Waals surface area contributed by atoms with E-state index >= 15 is 0 Å². The number of halogens is 1. The van der Waals surface area contributed by atoms with Gasteiger partial charge in [0.05, 0.1) is 0 Å². The molecule has 0 bridgehead atoms. The van der Waals surface area contributed by atoms with Gasteiger partial charge < -0.3 is 5.32 Å². The summed E-state index contributed by atoms with van der Waals surface area (Å²) in [5.41, 5.74) is 0.891. The van der Waals surface area contributed by atoms with E-state index in [9.17, 15) is 4.79 Å². The van der Waals surface area contributed by atoms with Crippen LogP contribution in [-0.4, -0.2) is 22.1 Å². The van der Waals surface area contributed by atoms with Crippen LogP contribution < -0.4 is 10.6 Å². The highest BCUT2D eigenvalue weighted by molar-refractivity contribution is 9.10. The third kappa shape index (κ3) is 4.01. The average molecular weight is 355 g/mol. The molecule has 2 N–H and O–H groups in total. The monoisotopic (exact) mass is 354 g/mol. The Morgan fingerprint density at radius 3 is 2.65 bits per heavy atom. The lowest BCUT2D eigenvalue weighted by molar-refractivity contribution is -0.116. The zero-order chi connectivity index (χ0) is 14.5. The lowest BCUT2D eigenvalue weighted by atomic mass is 10.2. The normalized spacial score (nSPS) is 11.9. The minimum Gasteiger partial charge on any atom is -0.374 e. The standard InChI is InChI=1S/C13H15BrN4OS/c1-3-11-17-18-13(20-11)16-12(19)8(2)15-10-6-4-9(14)5-7-10/h4-8,15H,3H2,1-2H3,(H,16,18,19)/t8-/m1/s1. The van der Waals surface area contributed by atoms with E-state index in [1.54, 1.807) is 6.92 Å². The van der Waals surface area contributed by atoms with Gasteiger partial charge in [-0.2, -0.15) is 0 Å². The van der Waals surface area contributed by atoms with Crippen molar-refractivity contribution in [3.8, 4) is 0 Å². The molecule has 20 heavy (non-hydrogen) atoms. The van der Waals surface area contributed by atoms with Crippen LogP contribution in [0.25, 0.3) is 0 Å². The zero-order valence-corrected chi connectivity index (χ0v) is 13.6. The number of carbonyl (C=O) groups excluding carboxylic acids is 1. The van der Waals surface area contributed by atoms with E-state index in [-0.39, 0.29) is 11.9 Å². The number of hydrogen-bond donors (Lipinski definition) is 2. The zero-order valence-electron chi connectivity index (χ0n) is 11.2. The van der Waals surface area contributed by atoms with Crippen LogP contribution in [0.15, 0.2) is 28.7 Å². The fourth-order valence-electron chi connectivity index (χ4n) is 1.52. The molecule has 0 aliphatic heterocycles. The molecule has 5 nitrogen and oxygen atoms in total. The Morgan fingerprint density at radius 1 is 1.35 bits per heavy atom. The van der Waals surface area contributed by atoms with Gasteiger partial charge in [-0.25, -0.2) is 0 Å². The number of hydrogen-bond acceptors (Lipinski definition) is 5. The maximum absolute atomic E-state index is 12.0. The van der Waals surface area contributed by atoms with Gasteiger partial charge in [0.15, 0.2) is 0 Å². The van der Waals surface area contributed by atoms with E-state index in [1.807, 2.05) is 31.2 Å². The van der Waals surface area contributed by atoms with Gasteiger partial charge >= 0.3 is 0 Å². The van der Waals surface area contributed by atoms with Crippen LogP contribution >= 0.6 is 27.3 Å². The maximum Gasteiger partial charge on any atom is 0.248 e. The van der Waals surface area contributed by atoms with Crippen molar-refractivity contribution in [1.82, 2.24) is 10.2 Å². The Hall–Kier alpha value is -1.47. The van der Waals surface area contributed by atoms with E-state index in [0.717, 1.165) is 21.6 Å². The van der Waals surface area contributed by atoms with Gasteiger partial charge in [-0.3, -0.25) is 10.1 Å². The van der Waals surface area contributed by atoms with Crippen molar-refractivity contribution in [2.75, 3.05) is 10.6 Å². The molecule has 2 aromatic rings. The summed E-state index contributed by atoms with van der Waals surface area (Å²) in [6, 6.07) is 7.31. The second kappa shape index (κ2) is 6.81. The molecule has 0 aliphatic carbocycles. The lowest BCUT2D eigenvalue weighted by Gasteiger charge is -2.14. The predicted molar refractivity (Wildman–Crippen MR) is 85.1 cm³/mol.